The lowest BCUT2D eigenvalue weighted by molar-refractivity contribution is -0.130. The fourth-order valence-corrected chi connectivity index (χ4v) is 2.96. The summed E-state index contributed by atoms with van der Waals surface area (Å²) >= 11 is 0. The van der Waals surface area contributed by atoms with Gasteiger partial charge in [0.2, 0.25) is 5.91 Å². The van der Waals surface area contributed by atoms with Crippen LogP contribution < -0.4 is 5.32 Å². The van der Waals surface area contributed by atoms with Gasteiger partial charge in [-0.15, -0.1) is 0 Å². The summed E-state index contributed by atoms with van der Waals surface area (Å²) < 4.78 is 1.78. The molecular formula is C18H23N5O2. The zero-order valence-corrected chi connectivity index (χ0v) is 14.4. The number of piperazine rings is 1. The van der Waals surface area contributed by atoms with Crippen molar-refractivity contribution >= 4 is 11.8 Å². The molecule has 2 aromatic rings. The minimum absolute atomic E-state index is 0.127. The Labute approximate surface area is 147 Å². The topological polar surface area (TPSA) is 70.5 Å². The standard InChI is InChI=1S/C18H23N5O2/c1-15(24)22-11-9-21(10-12-22)8-7-20-18(25)17-13-19-14-23(17)16-5-3-2-4-6-16/h2-6,13-14H,7-12H2,1H3,(H,20,25). The van der Waals surface area contributed by atoms with Crippen molar-refractivity contribution in [2.75, 3.05) is 39.3 Å². The number of benzene rings is 1. The molecule has 7 heteroatoms. The van der Waals surface area contributed by atoms with E-state index in [0.29, 0.717) is 12.2 Å². The van der Waals surface area contributed by atoms with E-state index in [2.05, 4.69) is 15.2 Å². The van der Waals surface area contributed by atoms with E-state index < -0.39 is 0 Å². The van der Waals surface area contributed by atoms with Crippen molar-refractivity contribution in [3.63, 3.8) is 0 Å². The van der Waals surface area contributed by atoms with Crippen LogP contribution in [-0.2, 0) is 4.79 Å². The first-order valence-electron chi connectivity index (χ1n) is 8.49. The van der Waals surface area contributed by atoms with Crippen LogP contribution in [0.3, 0.4) is 0 Å². The Kier molecular flexibility index (Phi) is 5.45. The molecule has 1 aromatic heterocycles. The summed E-state index contributed by atoms with van der Waals surface area (Å²) in [4.78, 5) is 32.0. The number of hydrogen-bond acceptors (Lipinski definition) is 4. The van der Waals surface area contributed by atoms with Crippen LogP contribution in [0.2, 0.25) is 0 Å². The van der Waals surface area contributed by atoms with E-state index in [-0.39, 0.29) is 11.8 Å². The molecule has 1 saturated heterocycles. The molecule has 0 bridgehead atoms. The molecule has 0 unspecified atom stereocenters. The molecule has 2 heterocycles. The van der Waals surface area contributed by atoms with Gasteiger partial charge in [0, 0.05) is 51.9 Å². The number of imidazole rings is 1. The fraction of sp³-hybridized carbons (Fsp3) is 0.389. The summed E-state index contributed by atoms with van der Waals surface area (Å²) in [6.07, 6.45) is 3.22. The van der Waals surface area contributed by atoms with E-state index in [4.69, 9.17) is 0 Å². The molecule has 1 fully saturated rings. The average Bonchev–Trinajstić information content (AvgIpc) is 3.13. The molecule has 0 spiro atoms. The number of carbonyl (C=O) groups excluding carboxylic acids is 2. The van der Waals surface area contributed by atoms with E-state index in [1.165, 1.54) is 0 Å². The van der Waals surface area contributed by atoms with Gasteiger partial charge in [-0.3, -0.25) is 19.1 Å². The van der Waals surface area contributed by atoms with Crippen LogP contribution in [0.15, 0.2) is 42.9 Å². The highest BCUT2D eigenvalue weighted by atomic mass is 16.2. The second-order valence-corrected chi connectivity index (χ2v) is 6.09. The van der Waals surface area contributed by atoms with Crippen molar-refractivity contribution < 1.29 is 9.59 Å². The Morgan fingerprint density at radius 1 is 1.12 bits per heavy atom. The lowest BCUT2D eigenvalue weighted by Crippen LogP contribution is -2.49. The van der Waals surface area contributed by atoms with E-state index >= 15 is 0 Å². The predicted octanol–water partition coefficient (Wildman–Crippen LogP) is 0.766. The van der Waals surface area contributed by atoms with Crippen molar-refractivity contribution in [2.24, 2.45) is 0 Å². The number of aromatic nitrogens is 2. The molecule has 1 N–H and O–H groups in total. The minimum Gasteiger partial charge on any atom is -0.349 e. The van der Waals surface area contributed by atoms with Crippen molar-refractivity contribution in [1.82, 2.24) is 24.7 Å². The van der Waals surface area contributed by atoms with E-state index in [9.17, 15) is 9.59 Å². The quantitative estimate of drug-likeness (QED) is 0.872. The SMILES string of the molecule is CC(=O)N1CCN(CCNC(=O)c2cncn2-c2ccccc2)CC1. The third kappa shape index (κ3) is 4.24. The van der Waals surface area contributed by atoms with Crippen LogP contribution in [-0.4, -0.2) is 70.4 Å². The summed E-state index contributed by atoms with van der Waals surface area (Å²) in [7, 11) is 0. The molecule has 0 atom stereocenters. The molecule has 132 valence electrons. The molecule has 25 heavy (non-hydrogen) atoms. The Hall–Kier alpha value is -2.67. The molecule has 7 nitrogen and oxygen atoms in total. The maximum absolute atomic E-state index is 12.4. The second-order valence-electron chi connectivity index (χ2n) is 6.09. The van der Waals surface area contributed by atoms with Gasteiger partial charge >= 0.3 is 0 Å². The number of rotatable bonds is 5. The number of hydrogen-bond donors (Lipinski definition) is 1. The Bertz CT molecular complexity index is 720. The monoisotopic (exact) mass is 341 g/mol. The maximum Gasteiger partial charge on any atom is 0.269 e. The first kappa shape index (κ1) is 17.2. The zero-order chi connectivity index (χ0) is 17.6. The highest BCUT2D eigenvalue weighted by molar-refractivity contribution is 5.93. The first-order chi connectivity index (χ1) is 12.1. The van der Waals surface area contributed by atoms with Gasteiger partial charge in [0.1, 0.15) is 5.69 Å². The average molecular weight is 341 g/mol. The highest BCUT2D eigenvalue weighted by Gasteiger charge is 2.18. The number of para-hydroxylation sites is 1. The van der Waals surface area contributed by atoms with Crippen molar-refractivity contribution in [2.45, 2.75) is 6.92 Å². The molecule has 3 rings (SSSR count). The van der Waals surface area contributed by atoms with Gasteiger partial charge in [-0.2, -0.15) is 0 Å². The maximum atomic E-state index is 12.4. The Morgan fingerprint density at radius 2 is 1.84 bits per heavy atom. The fourth-order valence-electron chi connectivity index (χ4n) is 2.96. The minimum atomic E-state index is -0.135. The van der Waals surface area contributed by atoms with Crippen LogP contribution in [0.5, 0.6) is 0 Å². The number of nitrogens with zero attached hydrogens (tertiary/aromatic N) is 4. The van der Waals surface area contributed by atoms with Crippen molar-refractivity contribution in [1.29, 1.82) is 0 Å². The lowest BCUT2D eigenvalue weighted by atomic mass is 10.3. The first-order valence-corrected chi connectivity index (χ1v) is 8.49. The molecule has 1 aromatic carbocycles. The molecule has 0 saturated carbocycles. The highest BCUT2D eigenvalue weighted by Crippen LogP contribution is 2.10. The second kappa shape index (κ2) is 7.94. The van der Waals surface area contributed by atoms with Crippen LogP contribution in [0.25, 0.3) is 5.69 Å². The smallest absolute Gasteiger partial charge is 0.269 e. The van der Waals surface area contributed by atoms with E-state index in [1.807, 2.05) is 35.2 Å². The summed E-state index contributed by atoms with van der Waals surface area (Å²) in [5.74, 6) is -0.00847. The van der Waals surface area contributed by atoms with Gasteiger partial charge in [0.15, 0.2) is 0 Å². The summed E-state index contributed by atoms with van der Waals surface area (Å²) in [6, 6.07) is 9.67. The summed E-state index contributed by atoms with van der Waals surface area (Å²) in [5, 5.41) is 2.95. The molecule has 1 aliphatic heterocycles. The predicted molar refractivity (Wildman–Crippen MR) is 94.6 cm³/mol. The van der Waals surface area contributed by atoms with Crippen LogP contribution in [0.1, 0.15) is 17.4 Å². The molecule has 1 aliphatic rings. The van der Waals surface area contributed by atoms with Gasteiger partial charge in [0.05, 0.1) is 12.5 Å². The van der Waals surface area contributed by atoms with Crippen molar-refractivity contribution in [3.05, 3.63) is 48.5 Å². The molecule has 0 aliphatic carbocycles. The number of amides is 2. The van der Waals surface area contributed by atoms with Gasteiger partial charge in [-0.1, -0.05) is 18.2 Å². The number of nitrogens with one attached hydrogen (secondary N) is 1. The number of carbonyl (C=O) groups is 2. The van der Waals surface area contributed by atoms with Gasteiger partial charge < -0.3 is 10.2 Å². The Balaban J connectivity index is 1.50. The zero-order valence-electron chi connectivity index (χ0n) is 14.4. The van der Waals surface area contributed by atoms with E-state index in [0.717, 1.165) is 38.4 Å². The molecule has 2 amide bonds. The van der Waals surface area contributed by atoms with Gasteiger partial charge in [0.25, 0.3) is 5.91 Å². The Morgan fingerprint density at radius 3 is 2.52 bits per heavy atom. The summed E-state index contributed by atoms with van der Waals surface area (Å²) in [5.41, 5.74) is 1.43. The third-order valence-corrected chi connectivity index (χ3v) is 4.44. The van der Waals surface area contributed by atoms with Crippen molar-refractivity contribution in [3.8, 4) is 5.69 Å². The van der Waals surface area contributed by atoms with E-state index in [1.54, 1.807) is 24.0 Å². The summed E-state index contributed by atoms with van der Waals surface area (Å²) in [6.45, 7) is 6.14. The molecule has 0 radical (unpaired) electrons. The van der Waals surface area contributed by atoms with Crippen LogP contribution in [0, 0.1) is 0 Å². The third-order valence-electron chi connectivity index (χ3n) is 4.44. The molecular weight excluding hydrogens is 318 g/mol. The normalized spacial score (nSPS) is 15.2. The largest absolute Gasteiger partial charge is 0.349 e. The lowest BCUT2D eigenvalue weighted by Gasteiger charge is -2.34. The van der Waals surface area contributed by atoms with Gasteiger partial charge in [-0.05, 0) is 12.1 Å². The van der Waals surface area contributed by atoms with Crippen LogP contribution >= 0.6 is 0 Å². The van der Waals surface area contributed by atoms with Crippen LogP contribution in [0.4, 0.5) is 0 Å². The van der Waals surface area contributed by atoms with Gasteiger partial charge in [-0.25, -0.2) is 4.98 Å².